The number of hydrogen-bond donors (Lipinski definition) is 1. The highest BCUT2D eigenvalue weighted by atomic mass is 35.5. The molecule has 1 unspecified atom stereocenters. The Bertz CT molecular complexity index is 463. The lowest BCUT2D eigenvalue weighted by Gasteiger charge is -2.33. The number of amides is 1. The fraction of sp³-hybridized carbons (Fsp3) is 0.714. The predicted molar refractivity (Wildman–Crippen MR) is 78.0 cm³/mol. The number of carbonyl (C=O) groups excluding carboxylic acids is 1. The number of nitrogens with zero attached hydrogens (tertiary/aromatic N) is 2. The summed E-state index contributed by atoms with van der Waals surface area (Å²) in [6, 6.07) is 2.03. The zero-order valence-electron chi connectivity index (χ0n) is 11.7. The Kier molecular flexibility index (Phi) is 4.70. The third kappa shape index (κ3) is 3.15. The van der Waals surface area contributed by atoms with E-state index < -0.39 is 0 Å². The van der Waals surface area contributed by atoms with Crippen molar-refractivity contribution in [2.45, 2.75) is 44.6 Å². The second-order valence-corrected chi connectivity index (χ2v) is 5.88. The van der Waals surface area contributed by atoms with Gasteiger partial charge in [-0.15, -0.1) is 12.4 Å². The van der Waals surface area contributed by atoms with Gasteiger partial charge in [0, 0.05) is 31.1 Å². The van der Waals surface area contributed by atoms with E-state index in [1.165, 1.54) is 0 Å². The average molecular weight is 300 g/mol. The number of likely N-dealkylation sites (tertiary alicyclic amines) is 1. The van der Waals surface area contributed by atoms with Gasteiger partial charge in [0.1, 0.15) is 5.76 Å². The van der Waals surface area contributed by atoms with Crippen LogP contribution >= 0.6 is 12.4 Å². The molecule has 1 amide bonds. The monoisotopic (exact) mass is 299 g/mol. The van der Waals surface area contributed by atoms with Gasteiger partial charge in [0.25, 0.3) is 5.91 Å². The molecule has 1 aliphatic carbocycles. The van der Waals surface area contributed by atoms with Gasteiger partial charge in [-0.2, -0.15) is 0 Å². The Hall–Kier alpha value is -1.07. The summed E-state index contributed by atoms with van der Waals surface area (Å²) in [4.78, 5) is 14.2. The standard InChI is InChI=1S/C14H21N3O2.ClH/c1-9(15)10-4-6-17(7-5-10)14(18)12-8-13(19-16-12)11-2-3-11;/h8-11H,2-7,15H2,1H3;1H. The Morgan fingerprint density at radius 1 is 1.40 bits per heavy atom. The van der Waals surface area contributed by atoms with Gasteiger partial charge >= 0.3 is 0 Å². The maximum Gasteiger partial charge on any atom is 0.276 e. The summed E-state index contributed by atoms with van der Waals surface area (Å²) in [5.74, 6) is 1.90. The van der Waals surface area contributed by atoms with Crippen molar-refractivity contribution in [2.24, 2.45) is 11.7 Å². The van der Waals surface area contributed by atoms with E-state index in [0.717, 1.165) is 44.5 Å². The second-order valence-electron chi connectivity index (χ2n) is 5.88. The molecule has 1 aromatic heterocycles. The minimum Gasteiger partial charge on any atom is -0.360 e. The fourth-order valence-electron chi connectivity index (χ4n) is 2.74. The number of nitrogens with two attached hydrogens (primary N) is 1. The molecule has 3 rings (SSSR count). The van der Waals surface area contributed by atoms with Crippen molar-refractivity contribution >= 4 is 18.3 Å². The minimum absolute atomic E-state index is 0. The zero-order chi connectivity index (χ0) is 13.4. The van der Waals surface area contributed by atoms with Crippen LogP contribution in [0.2, 0.25) is 0 Å². The van der Waals surface area contributed by atoms with Gasteiger partial charge in [0.15, 0.2) is 5.69 Å². The maximum atomic E-state index is 12.3. The van der Waals surface area contributed by atoms with Gasteiger partial charge in [0.2, 0.25) is 0 Å². The molecule has 1 saturated heterocycles. The highest BCUT2D eigenvalue weighted by Gasteiger charge is 2.31. The van der Waals surface area contributed by atoms with Gasteiger partial charge in [-0.1, -0.05) is 5.16 Å². The zero-order valence-corrected chi connectivity index (χ0v) is 12.6. The van der Waals surface area contributed by atoms with E-state index in [0.29, 0.717) is 17.5 Å². The van der Waals surface area contributed by atoms with Crippen LogP contribution in [0, 0.1) is 5.92 Å². The van der Waals surface area contributed by atoms with Crippen molar-refractivity contribution in [1.82, 2.24) is 10.1 Å². The summed E-state index contributed by atoms with van der Waals surface area (Å²) in [7, 11) is 0. The smallest absolute Gasteiger partial charge is 0.276 e. The van der Waals surface area contributed by atoms with E-state index in [4.69, 9.17) is 10.3 Å². The van der Waals surface area contributed by atoms with Crippen molar-refractivity contribution in [3.8, 4) is 0 Å². The van der Waals surface area contributed by atoms with Crippen LogP contribution in [0.25, 0.3) is 0 Å². The van der Waals surface area contributed by atoms with Gasteiger partial charge in [0.05, 0.1) is 0 Å². The average Bonchev–Trinajstić information content (AvgIpc) is 3.16. The van der Waals surface area contributed by atoms with Crippen LogP contribution in [-0.4, -0.2) is 35.1 Å². The lowest BCUT2D eigenvalue weighted by atomic mass is 9.91. The van der Waals surface area contributed by atoms with Crippen molar-refractivity contribution in [3.63, 3.8) is 0 Å². The minimum atomic E-state index is -0.00113. The topological polar surface area (TPSA) is 72.4 Å². The third-order valence-electron chi connectivity index (χ3n) is 4.30. The molecule has 0 bridgehead atoms. The number of halogens is 1. The lowest BCUT2D eigenvalue weighted by Crippen LogP contribution is -2.42. The SMILES string of the molecule is CC(N)C1CCN(C(=O)c2cc(C3CC3)on2)CC1.Cl. The molecule has 112 valence electrons. The molecule has 20 heavy (non-hydrogen) atoms. The Labute approximate surface area is 125 Å². The molecule has 2 N–H and O–H groups in total. The third-order valence-corrected chi connectivity index (χ3v) is 4.30. The maximum absolute atomic E-state index is 12.3. The van der Waals surface area contributed by atoms with Crippen molar-refractivity contribution in [2.75, 3.05) is 13.1 Å². The Morgan fingerprint density at radius 3 is 2.60 bits per heavy atom. The predicted octanol–water partition coefficient (Wildman–Crippen LogP) is 2.17. The van der Waals surface area contributed by atoms with Crippen LogP contribution in [0.4, 0.5) is 0 Å². The highest BCUT2D eigenvalue weighted by molar-refractivity contribution is 5.92. The summed E-state index contributed by atoms with van der Waals surface area (Å²) in [6.45, 7) is 3.59. The first-order valence-corrected chi connectivity index (χ1v) is 7.16. The molecule has 1 aromatic rings. The lowest BCUT2D eigenvalue weighted by molar-refractivity contribution is 0.0670. The van der Waals surface area contributed by atoms with Crippen LogP contribution in [0.15, 0.2) is 10.6 Å². The Balaban J connectivity index is 0.00000147. The molecule has 6 heteroatoms. The quantitative estimate of drug-likeness (QED) is 0.928. The van der Waals surface area contributed by atoms with Crippen LogP contribution in [0.5, 0.6) is 0 Å². The molecular formula is C14H22ClN3O2. The van der Waals surface area contributed by atoms with Gasteiger partial charge < -0.3 is 15.2 Å². The molecule has 5 nitrogen and oxygen atoms in total. The van der Waals surface area contributed by atoms with Crippen LogP contribution in [-0.2, 0) is 0 Å². The number of aromatic nitrogens is 1. The molecule has 0 aromatic carbocycles. The van der Waals surface area contributed by atoms with Crippen LogP contribution in [0.1, 0.15) is 54.8 Å². The van der Waals surface area contributed by atoms with Crippen molar-refractivity contribution in [1.29, 1.82) is 0 Å². The van der Waals surface area contributed by atoms with E-state index in [9.17, 15) is 4.79 Å². The first-order chi connectivity index (χ1) is 9.15. The fourth-order valence-corrected chi connectivity index (χ4v) is 2.74. The summed E-state index contributed by atoms with van der Waals surface area (Å²) in [5, 5.41) is 3.92. The van der Waals surface area contributed by atoms with Gasteiger partial charge in [-0.25, -0.2) is 0 Å². The summed E-state index contributed by atoms with van der Waals surface area (Å²) in [5.41, 5.74) is 6.37. The van der Waals surface area contributed by atoms with Crippen LogP contribution < -0.4 is 5.73 Å². The van der Waals surface area contributed by atoms with Gasteiger partial charge in [-0.05, 0) is 38.5 Å². The molecule has 1 atom stereocenters. The van der Waals surface area contributed by atoms with Crippen LogP contribution in [0.3, 0.4) is 0 Å². The first-order valence-electron chi connectivity index (χ1n) is 7.16. The number of carbonyl (C=O) groups is 1. The molecule has 2 fully saturated rings. The largest absolute Gasteiger partial charge is 0.360 e. The number of hydrogen-bond acceptors (Lipinski definition) is 4. The molecule has 0 spiro atoms. The van der Waals surface area contributed by atoms with Gasteiger partial charge in [-0.3, -0.25) is 4.79 Å². The highest BCUT2D eigenvalue weighted by Crippen LogP contribution is 2.40. The molecule has 1 saturated carbocycles. The number of piperidine rings is 1. The molecule has 0 radical (unpaired) electrons. The second kappa shape index (κ2) is 6.14. The van der Waals surface area contributed by atoms with E-state index in [1.54, 1.807) is 0 Å². The van der Waals surface area contributed by atoms with E-state index in [-0.39, 0.29) is 24.4 Å². The normalized spacial score (nSPS) is 21.4. The Morgan fingerprint density at radius 2 is 2.05 bits per heavy atom. The van der Waals surface area contributed by atoms with Crippen molar-refractivity contribution in [3.05, 3.63) is 17.5 Å². The molecule has 1 aliphatic heterocycles. The number of rotatable bonds is 3. The summed E-state index contributed by atoms with van der Waals surface area (Å²) in [6.07, 6.45) is 4.28. The van der Waals surface area contributed by atoms with E-state index in [1.807, 2.05) is 17.9 Å². The summed E-state index contributed by atoms with van der Waals surface area (Å²) >= 11 is 0. The van der Waals surface area contributed by atoms with Crippen molar-refractivity contribution < 1.29 is 9.32 Å². The van der Waals surface area contributed by atoms with E-state index >= 15 is 0 Å². The molecule has 2 aliphatic rings. The molecule has 2 heterocycles. The first kappa shape index (κ1) is 15.3. The summed E-state index contributed by atoms with van der Waals surface area (Å²) < 4.78 is 5.24. The molecular weight excluding hydrogens is 278 g/mol. The van der Waals surface area contributed by atoms with E-state index in [2.05, 4.69) is 5.16 Å².